The first kappa shape index (κ1) is 13.1. The van der Waals surface area contributed by atoms with Crippen LogP contribution in [0.2, 0.25) is 0 Å². The lowest BCUT2D eigenvalue weighted by molar-refractivity contribution is 0.756. The van der Waals surface area contributed by atoms with Crippen molar-refractivity contribution in [1.82, 2.24) is 20.2 Å². The molecule has 0 radical (unpaired) electrons. The van der Waals surface area contributed by atoms with Gasteiger partial charge in [0.1, 0.15) is 11.3 Å². The molecule has 4 rings (SSSR count). The maximum atomic E-state index is 5.97. The first-order chi connectivity index (χ1) is 10.8. The number of hydrogen-bond acceptors (Lipinski definition) is 5. The first-order valence-electron chi connectivity index (χ1n) is 7.62. The fourth-order valence-electron chi connectivity index (χ4n) is 3.10. The molecule has 3 aromatic heterocycles. The van der Waals surface area contributed by atoms with Crippen LogP contribution in [0.5, 0.6) is 0 Å². The molecule has 22 heavy (non-hydrogen) atoms. The van der Waals surface area contributed by atoms with E-state index in [0.717, 1.165) is 28.0 Å². The molecule has 0 unspecified atom stereocenters. The van der Waals surface area contributed by atoms with E-state index in [1.165, 1.54) is 25.7 Å². The number of aromatic amines is 1. The molecule has 1 fully saturated rings. The molecule has 0 saturated heterocycles. The molecular weight excluding hydrogens is 276 g/mol. The second-order valence-electron chi connectivity index (χ2n) is 5.78. The number of aromatic nitrogens is 4. The highest BCUT2D eigenvalue weighted by Gasteiger charge is 2.17. The molecule has 6 heteroatoms. The fourth-order valence-corrected chi connectivity index (χ4v) is 3.10. The number of pyridine rings is 2. The van der Waals surface area contributed by atoms with E-state index in [-0.39, 0.29) is 0 Å². The number of hydrogen-bond donors (Lipinski definition) is 3. The van der Waals surface area contributed by atoms with Gasteiger partial charge in [-0.2, -0.15) is 5.10 Å². The van der Waals surface area contributed by atoms with E-state index >= 15 is 0 Å². The number of nitrogens with one attached hydrogen (secondary N) is 2. The van der Waals surface area contributed by atoms with E-state index in [4.69, 9.17) is 5.73 Å². The van der Waals surface area contributed by atoms with Crippen molar-refractivity contribution in [1.29, 1.82) is 0 Å². The molecule has 0 amide bonds. The molecule has 4 N–H and O–H groups in total. The Labute approximate surface area is 128 Å². The number of fused-ring (bicyclic) bond motifs is 1. The minimum atomic E-state index is 0.511. The molecule has 0 spiro atoms. The van der Waals surface area contributed by atoms with Crippen molar-refractivity contribution in [3.8, 4) is 11.3 Å². The molecule has 6 nitrogen and oxygen atoms in total. The Morgan fingerprint density at radius 2 is 2.09 bits per heavy atom. The van der Waals surface area contributed by atoms with Crippen molar-refractivity contribution in [2.45, 2.75) is 31.7 Å². The minimum absolute atomic E-state index is 0.511. The van der Waals surface area contributed by atoms with Crippen LogP contribution in [-0.2, 0) is 0 Å². The summed E-state index contributed by atoms with van der Waals surface area (Å²) in [7, 11) is 0. The van der Waals surface area contributed by atoms with Crippen molar-refractivity contribution < 1.29 is 0 Å². The molecular formula is C16H18N6. The van der Waals surface area contributed by atoms with Crippen molar-refractivity contribution in [3.63, 3.8) is 0 Å². The van der Waals surface area contributed by atoms with E-state index in [1.54, 1.807) is 6.20 Å². The Bertz CT molecular complexity index is 790. The largest absolute Gasteiger partial charge is 0.384 e. The topological polar surface area (TPSA) is 92.5 Å². The summed E-state index contributed by atoms with van der Waals surface area (Å²) < 4.78 is 0. The minimum Gasteiger partial charge on any atom is -0.384 e. The first-order valence-corrected chi connectivity index (χ1v) is 7.62. The van der Waals surface area contributed by atoms with E-state index in [1.807, 2.05) is 24.4 Å². The molecule has 3 heterocycles. The van der Waals surface area contributed by atoms with Crippen LogP contribution >= 0.6 is 0 Å². The van der Waals surface area contributed by atoms with Gasteiger partial charge < -0.3 is 11.1 Å². The highest BCUT2D eigenvalue weighted by atomic mass is 15.1. The normalized spacial score (nSPS) is 15.5. The number of nitrogens with two attached hydrogens (primary N) is 1. The molecule has 112 valence electrons. The zero-order valence-corrected chi connectivity index (χ0v) is 12.2. The second kappa shape index (κ2) is 5.29. The molecule has 3 aromatic rings. The molecule has 0 aromatic carbocycles. The average molecular weight is 294 g/mol. The maximum absolute atomic E-state index is 5.97. The Morgan fingerprint density at radius 1 is 1.23 bits per heavy atom. The Kier molecular flexibility index (Phi) is 3.14. The Morgan fingerprint density at radius 3 is 2.86 bits per heavy atom. The van der Waals surface area contributed by atoms with Crippen molar-refractivity contribution in [3.05, 3.63) is 30.6 Å². The lowest BCUT2D eigenvalue weighted by Crippen LogP contribution is -2.15. The zero-order chi connectivity index (χ0) is 14.9. The monoisotopic (exact) mass is 294 g/mol. The van der Waals surface area contributed by atoms with Gasteiger partial charge in [-0.25, -0.2) is 4.98 Å². The van der Waals surface area contributed by atoms with Crippen LogP contribution in [0.1, 0.15) is 25.7 Å². The third kappa shape index (κ3) is 2.36. The standard InChI is InChI=1S/C16H18N6/c17-15-8-14(20-11-3-1-2-4-11)16-13(21-15)7-10(9-18-16)12-5-6-19-22-12/h5-9,11H,1-4H2,(H,19,22)(H3,17,20,21). The van der Waals surface area contributed by atoms with Gasteiger partial charge in [-0.1, -0.05) is 12.8 Å². The van der Waals surface area contributed by atoms with E-state index < -0.39 is 0 Å². The van der Waals surface area contributed by atoms with Gasteiger partial charge in [0, 0.05) is 30.1 Å². The summed E-state index contributed by atoms with van der Waals surface area (Å²) in [5, 5.41) is 10.5. The summed E-state index contributed by atoms with van der Waals surface area (Å²) in [4.78, 5) is 9.01. The summed E-state index contributed by atoms with van der Waals surface area (Å²) in [6.07, 6.45) is 8.54. The summed E-state index contributed by atoms with van der Waals surface area (Å²) in [6.45, 7) is 0. The van der Waals surface area contributed by atoms with Crippen LogP contribution in [0.4, 0.5) is 11.5 Å². The summed E-state index contributed by atoms with van der Waals surface area (Å²) in [5.74, 6) is 0.511. The summed E-state index contributed by atoms with van der Waals surface area (Å²) in [6, 6.07) is 6.29. The summed E-state index contributed by atoms with van der Waals surface area (Å²) >= 11 is 0. The van der Waals surface area contributed by atoms with E-state index in [2.05, 4.69) is 25.5 Å². The predicted molar refractivity (Wildman–Crippen MR) is 87.4 cm³/mol. The van der Waals surface area contributed by atoms with Crippen LogP contribution in [0.15, 0.2) is 30.6 Å². The molecule has 1 saturated carbocycles. The molecule has 0 bridgehead atoms. The smallest absolute Gasteiger partial charge is 0.126 e. The van der Waals surface area contributed by atoms with Crippen molar-refractivity contribution in [2.75, 3.05) is 11.1 Å². The number of rotatable bonds is 3. The van der Waals surface area contributed by atoms with Crippen LogP contribution in [-0.4, -0.2) is 26.2 Å². The van der Waals surface area contributed by atoms with Crippen molar-refractivity contribution in [2.24, 2.45) is 0 Å². The number of nitrogen functional groups attached to an aromatic ring is 1. The van der Waals surface area contributed by atoms with Gasteiger partial charge in [-0.15, -0.1) is 0 Å². The number of anilines is 2. The molecule has 0 aliphatic heterocycles. The number of nitrogens with zero attached hydrogens (tertiary/aromatic N) is 3. The lowest BCUT2D eigenvalue weighted by atomic mass is 10.1. The highest BCUT2D eigenvalue weighted by molar-refractivity contribution is 5.91. The van der Waals surface area contributed by atoms with E-state index in [9.17, 15) is 0 Å². The quantitative estimate of drug-likeness (QED) is 0.690. The van der Waals surface area contributed by atoms with Gasteiger partial charge in [0.15, 0.2) is 0 Å². The fraction of sp³-hybridized carbons (Fsp3) is 0.312. The average Bonchev–Trinajstić information content (AvgIpc) is 3.20. The molecule has 0 atom stereocenters. The van der Waals surface area contributed by atoms with Crippen LogP contribution in [0.3, 0.4) is 0 Å². The van der Waals surface area contributed by atoms with Crippen LogP contribution in [0.25, 0.3) is 22.3 Å². The Balaban J connectivity index is 1.77. The van der Waals surface area contributed by atoms with Crippen LogP contribution < -0.4 is 11.1 Å². The maximum Gasteiger partial charge on any atom is 0.126 e. The Hall–Kier alpha value is -2.63. The third-order valence-electron chi connectivity index (χ3n) is 4.19. The highest BCUT2D eigenvalue weighted by Crippen LogP contribution is 2.29. The van der Waals surface area contributed by atoms with Gasteiger partial charge in [-0.05, 0) is 25.0 Å². The van der Waals surface area contributed by atoms with Crippen molar-refractivity contribution >= 4 is 22.5 Å². The van der Waals surface area contributed by atoms with Gasteiger partial charge in [0.2, 0.25) is 0 Å². The second-order valence-corrected chi connectivity index (χ2v) is 5.78. The van der Waals surface area contributed by atoms with E-state index in [0.29, 0.717) is 11.9 Å². The van der Waals surface area contributed by atoms with Gasteiger partial charge >= 0.3 is 0 Å². The zero-order valence-electron chi connectivity index (χ0n) is 12.2. The van der Waals surface area contributed by atoms with Gasteiger partial charge in [0.25, 0.3) is 0 Å². The van der Waals surface area contributed by atoms with Gasteiger partial charge in [0.05, 0.1) is 16.9 Å². The third-order valence-corrected chi connectivity index (χ3v) is 4.19. The molecule has 1 aliphatic carbocycles. The number of H-pyrrole nitrogens is 1. The predicted octanol–water partition coefficient (Wildman–Crippen LogP) is 2.96. The summed E-state index contributed by atoms with van der Waals surface area (Å²) in [5.41, 5.74) is 10.5. The lowest BCUT2D eigenvalue weighted by Gasteiger charge is -2.15. The molecule has 1 aliphatic rings. The van der Waals surface area contributed by atoms with Crippen LogP contribution in [0, 0.1) is 0 Å². The SMILES string of the molecule is Nc1cc(NC2CCCC2)c2ncc(-c3ccn[nH]3)cc2n1. The van der Waals surface area contributed by atoms with Gasteiger partial charge in [-0.3, -0.25) is 10.1 Å².